The summed E-state index contributed by atoms with van der Waals surface area (Å²) in [4.78, 5) is 43.4. The van der Waals surface area contributed by atoms with Gasteiger partial charge in [-0.15, -0.1) is 0 Å². The van der Waals surface area contributed by atoms with Crippen LogP contribution in [-0.2, 0) is 16.0 Å². The van der Waals surface area contributed by atoms with E-state index in [4.69, 9.17) is 21.4 Å². The lowest BCUT2D eigenvalue weighted by Crippen LogP contribution is -2.35. The Kier molecular flexibility index (Phi) is 8.47. The summed E-state index contributed by atoms with van der Waals surface area (Å²) in [5, 5.41) is 12.3. The predicted octanol–water partition coefficient (Wildman–Crippen LogP) is 5.25. The lowest BCUT2D eigenvalue weighted by molar-refractivity contribution is -0.128. The van der Waals surface area contributed by atoms with Gasteiger partial charge in [0.25, 0.3) is 0 Å². The smallest absolute Gasteiger partial charge is 0.335 e. The number of carbonyl (C=O) groups is 3. The number of methoxy groups -OCH3 is 1. The third-order valence-electron chi connectivity index (χ3n) is 5.64. The van der Waals surface area contributed by atoms with E-state index in [0.717, 1.165) is 5.56 Å². The third kappa shape index (κ3) is 6.90. The van der Waals surface area contributed by atoms with Crippen LogP contribution in [0.25, 0.3) is 0 Å². The van der Waals surface area contributed by atoms with Gasteiger partial charge in [-0.1, -0.05) is 35.5 Å². The summed E-state index contributed by atoms with van der Waals surface area (Å²) in [6.07, 6.45) is 0.545. The molecule has 1 fully saturated rings. The first-order valence-corrected chi connectivity index (χ1v) is 12.7. The van der Waals surface area contributed by atoms with E-state index in [1.807, 2.05) is 12.1 Å². The summed E-state index contributed by atoms with van der Waals surface area (Å²) in [5.74, 6) is -0.891. The molecule has 190 valence electrons. The number of nitrogens with one attached hydrogen (secondary N) is 1. The number of halogens is 1. The molecule has 0 spiro atoms. The van der Waals surface area contributed by atoms with Crippen molar-refractivity contribution in [2.75, 3.05) is 19.0 Å². The van der Waals surface area contributed by atoms with Crippen molar-refractivity contribution >= 4 is 57.7 Å². The number of aliphatic imine (C=N–C) groups is 1. The SMILES string of the molecule is COc1ccc(N=C2S[C@H](CC(=O)Nc3ccc(C(=O)O)cc3)C(=O)N2CCc2ccc(Cl)cc2)cc1. The molecule has 2 N–H and O–H groups in total. The van der Waals surface area contributed by atoms with E-state index in [0.29, 0.717) is 40.3 Å². The van der Waals surface area contributed by atoms with E-state index in [2.05, 4.69) is 10.3 Å². The molecular weight excluding hydrogens is 514 g/mol. The average Bonchev–Trinajstić information content (AvgIpc) is 3.17. The van der Waals surface area contributed by atoms with Crippen LogP contribution in [0.5, 0.6) is 5.75 Å². The number of carboxylic acids is 1. The van der Waals surface area contributed by atoms with Crippen molar-refractivity contribution in [2.24, 2.45) is 4.99 Å². The van der Waals surface area contributed by atoms with E-state index in [9.17, 15) is 14.4 Å². The molecule has 0 aromatic heterocycles. The first-order chi connectivity index (χ1) is 17.8. The summed E-state index contributed by atoms with van der Waals surface area (Å²) in [6, 6.07) is 20.5. The van der Waals surface area contributed by atoms with Crippen molar-refractivity contribution in [3.8, 4) is 5.75 Å². The highest BCUT2D eigenvalue weighted by Gasteiger charge is 2.39. The number of thioether (sulfide) groups is 1. The number of benzene rings is 3. The topological polar surface area (TPSA) is 108 Å². The normalized spacial score (nSPS) is 16.2. The fourth-order valence-corrected chi connectivity index (χ4v) is 4.98. The number of anilines is 1. The van der Waals surface area contributed by atoms with Gasteiger partial charge in [-0.05, 0) is 72.6 Å². The van der Waals surface area contributed by atoms with E-state index in [-0.39, 0.29) is 23.8 Å². The van der Waals surface area contributed by atoms with Crippen molar-refractivity contribution in [1.29, 1.82) is 0 Å². The summed E-state index contributed by atoms with van der Waals surface area (Å²) in [5.41, 5.74) is 2.26. The second kappa shape index (κ2) is 11.9. The van der Waals surface area contributed by atoms with Crippen LogP contribution in [0.4, 0.5) is 11.4 Å². The fraction of sp³-hybridized carbons (Fsp3) is 0.185. The van der Waals surface area contributed by atoms with Crippen LogP contribution >= 0.6 is 23.4 Å². The Morgan fingerprint density at radius 1 is 1.05 bits per heavy atom. The molecule has 3 aromatic rings. The minimum Gasteiger partial charge on any atom is -0.497 e. The van der Waals surface area contributed by atoms with Crippen molar-refractivity contribution in [3.05, 3.63) is 88.9 Å². The van der Waals surface area contributed by atoms with Crippen LogP contribution in [0.15, 0.2) is 77.8 Å². The van der Waals surface area contributed by atoms with Gasteiger partial charge in [0.2, 0.25) is 11.8 Å². The number of hydrogen-bond donors (Lipinski definition) is 2. The number of amides is 2. The highest BCUT2D eigenvalue weighted by Crippen LogP contribution is 2.32. The Labute approximate surface area is 223 Å². The summed E-state index contributed by atoms with van der Waals surface area (Å²) < 4.78 is 5.20. The van der Waals surface area contributed by atoms with Crippen molar-refractivity contribution in [3.63, 3.8) is 0 Å². The molecule has 0 radical (unpaired) electrons. The maximum Gasteiger partial charge on any atom is 0.335 e. The molecule has 1 saturated heterocycles. The summed E-state index contributed by atoms with van der Waals surface area (Å²) in [6.45, 7) is 0.400. The van der Waals surface area contributed by atoms with Crippen LogP contribution in [0.1, 0.15) is 22.3 Å². The zero-order valence-corrected chi connectivity index (χ0v) is 21.5. The number of ether oxygens (including phenoxy) is 1. The minimum atomic E-state index is -1.05. The molecule has 0 unspecified atom stereocenters. The highest BCUT2D eigenvalue weighted by atomic mass is 35.5. The molecule has 1 heterocycles. The Morgan fingerprint density at radius 3 is 2.35 bits per heavy atom. The predicted molar refractivity (Wildman–Crippen MR) is 145 cm³/mol. The van der Waals surface area contributed by atoms with Gasteiger partial charge >= 0.3 is 5.97 Å². The molecule has 3 aromatic carbocycles. The van der Waals surface area contributed by atoms with Gasteiger partial charge in [0.1, 0.15) is 11.0 Å². The first kappa shape index (κ1) is 26.2. The standard InChI is InChI=1S/C27H24ClN3O5S/c1-36-22-12-10-21(11-13-22)30-27-31(15-14-17-2-6-19(28)7-3-17)25(33)23(37-27)16-24(32)29-20-8-4-18(5-9-20)26(34)35/h2-13,23H,14-16H2,1H3,(H,29,32)(H,34,35)/t23-/m1/s1. The molecule has 0 bridgehead atoms. The van der Waals surface area contributed by atoms with Crippen LogP contribution in [0, 0.1) is 0 Å². The van der Waals surface area contributed by atoms with Gasteiger partial charge in [-0.2, -0.15) is 0 Å². The van der Waals surface area contributed by atoms with Gasteiger partial charge in [-0.25, -0.2) is 9.79 Å². The lowest BCUT2D eigenvalue weighted by atomic mass is 10.1. The highest BCUT2D eigenvalue weighted by molar-refractivity contribution is 8.15. The first-order valence-electron chi connectivity index (χ1n) is 11.4. The third-order valence-corrected chi connectivity index (χ3v) is 7.07. The lowest BCUT2D eigenvalue weighted by Gasteiger charge is -2.16. The van der Waals surface area contributed by atoms with Gasteiger partial charge in [0.05, 0.1) is 18.4 Å². The Hall–Kier alpha value is -3.82. The van der Waals surface area contributed by atoms with E-state index in [1.54, 1.807) is 48.4 Å². The van der Waals surface area contributed by atoms with E-state index < -0.39 is 11.2 Å². The summed E-state index contributed by atoms with van der Waals surface area (Å²) >= 11 is 7.23. The Bertz CT molecular complexity index is 1310. The number of amidine groups is 1. The number of carboxylic acid groups (broad SMARTS) is 1. The second-order valence-corrected chi connectivity index (χ2v) is 9.81. The quantitative estimate of drug-likeness (QED) is 0.386. The minimum absolute atomic E-state index is 0.0523. The van der Waals surface area contributed by atoms with Crippen LogP contribution < -0.4 is 10.1 Å². The van der Waals surface area contributed by atoms with Crippen LogP contribution in [-0.4, -0.2) is 51.9 Å². The van der Waals surface area contributed by atoms with Crippen LogP contribution in [0.2, 0.25) is 5.02 Å². The molecule has 37 heavy (non-hydrogen) atoms. The molecule has 1 aliphatic rings. The van der Waals surface area contributed by atoms with Gasteiger partial charge < -0.3 is 15.2 Å². The molecule has 0 aliphatic carbocycles. The molecule has 4 rings (SSSR count). The van der Waals surface area contributed by atoms with Crippen molar-refractivity contribution < 1.29 is 24.2 Å². The van der Waals surface area contributed by atoms with Gasteiger partial charge in [0.15, 0.2) is 5.17 Å². The second-order valence-electron chi connectivity index (χ2n) is 8.20. The number of rotatable bonds is 9. The molecule has 0 saturated carbocycles. The van der Waals surface area contributed by atoms with Gasteiger partial charge in [0, 0.05) is 23.7 Å². The molecule has 2 amide bonds. The van der Waals surface area contributed by atoms with Crippen molar-refractivity contribution in [2.45, 2.75) is 18.1 Å². The zero-order valence-electron chi connectivity index (χ0n) is 19.9. The number of nitrogens with zero attached hydrogens (tertiary/aromatic N) is 2. The Morgan fingerprint density at radius 2 is 1.73 bits per heavy atom. The largest absolute Gasteiger partial charge is 0.497 e. The zero-order chi connectivity index (χ0) is 26.4. The number of hydrogen-bond acceptors (Lipinski definition) is 6. The molecule has 1 atom stereocenters. The maximum atomic E-state index is 13.3. The molecular formula is C27H24ClN3O5S. The molecule has 1 aliphatic heterocycles. The molecule has 8 nitrogen and oxygen atoms in total. The monoisotopic (exact) mass is 537 g/mol. The fourth-order valence-electron chi connectivity index (χ4n) is 3.67. The van der Waals surface area contributed by atoms with Gasteiger partial charge in [-0.3, -0.25) is 14.5 Å². The average molecular weight is 538 g/mol. The van der Waals surface area contributed by atoms with Crippen molar-refractivity contribution in [1.82, 2.24) is 4.90 Å². The number of aromatic carboxylic acids is 1. The summed E-state index contributed by atoms with van der Waals surface area (Å²) in [7, 11) is 1.58. The van der Waals surface area contributed by atoms with E-state index in [1.165, 1.54) is 36.0 Å². The van der Waals surface area contributed by atoms with Crippen LogP contribution in [0.3, 0.4) is 0 Å². The van der Waals surface area contributed by atoms with E-state index >= 15 is 0 Å². The molecule has 10 heteroatoms. The number of carbonyl (C=O) groups excluding carboxylic acids is 2. The maximum absolute atomic E-state index is 13.3. The Balaban J connectivity index is 1.48.